The molecule has 1 aliphatic heterocycles. The molecule has 0 radical (unpaired) electrons. The van der Waals surface area contributed by atoms with E-state index in [1.165, 1.54) is 31.4 Å². The van der Waals surface area contributed by atoms with Crippen LogP contribution in [0.25, 0.3) is 0 Å². The minimum absolute atomic E-state index is 0.199. The molecule has 3 amide bonds. The Labute approximate surface area is 116 Å². The molecule has 1 saturated heterocycles. The molecular weight excluding hydrogens is 263 g/mol. The molecule has 6 heteroatoms. The van der Waals surface area contributed by atoms with E-state index in [1.54, 1.807) is 6.92 Å². The number of nitrogens with zero attached hydrogens (tertiary/aromatic N) is 1. The van der Waals surface area contributed by atoms with Gasteiger partial charge < -0.3 is 10.1 Å². The fraction of sp³-hybridized carbons (Fsp3) is 0.429. The second-order valence-corrected chi connectivity index (χ2v) is 4.65. The van der Waals surface area contributed by atoms with Crippen LogP contribution in [0.15, 0.2) is 24.3 Å². The predicted octanol–water partition coefficient (Wildman–Crippen LogP) is 1.63. The van der Waals surface area contributed by atoms with Gasteiger partial charge in [-0.05, 0) is 24.1 Å². The highest BCUT2D eigenvalue weighted by molar-refractivity contribution is 6.07. The van der Waals surface area contributed by atoms with E-state index >= 15 is 0 Å². The van der Waals surface area contributed by atoms with Crippen molar-refractivity contribution in [1.29, 1.82) is 0 Å². The number of methoxy groups -OCH3 is 1. The minimum Gasteiger partial charge on any atom is -0.383 e. The van der Waals surface area contributed by atoms with E-state index in [0.717, 1.165) is 4.90 Å². The Morgan fingerprint density at radius 1 is 1.30 bits per heavy atom. The molecule has 20 heavy (non-hydrogen) atoms. The summed E-state index contributed by atoms with van der Waals surface area (Å²) in [6.07, 6.45) is 0.396. The fourth-order valence-electron chi connectivity index (χ4n) is 2.39. The highest BCUT2D eigenvalue weighted by Gasteiger charge is 2.50. The van der Waals surface area contributed by atoms with Crippen LogP contribution in [0.1, 0.15) is 18.9 Å². The third-order valence-electron chi connectivity index (χ3n) is 3.56. The van der Waals surface area contributed by atoms with Crippen LogP contribution in [0.4, 0.5) is 9.18 Å². The van der Waals surface area contributed by atoms with Crippen molar-refractivity contribution in [3.8, 4) is 0 Å². The number of ether oxygens (including phenoxy) is 1. The maximum absolute atomic E-state index is 13.0. The summed E-state index contributed by atoms with van der Waals surface area (Å²) in [5.74, 6) is -0.707. The maximum Gasteiger partial charge on any atom is 0.325 e. The molecule has 0 aromatic heterocycles. The molecular formula is C14H17FN2O3. The van der Waals surface area contributed by atoms with E-state index in [-0.39, 0.29) is 24.9 Å². The monoisotopic (exact) mass is 280 g/mol. The van der Waals surface area contributed by atoms with Crippen LogP contribution in [0.5, 0.6) is 0 Å². The standard InChI is InChI=1S/C14H17FN2O3/c1-3-14(10-4-6-11(15)7-5-10)12(18)17(8-9-20-2)13(19)16-14/h4-7H,3,8-9H2,1-2H3,(H,16,19)/t14-/m1/s1. The number of halogens is 1. The first kappa shape index (κ1) is 14.5. The molecule has 0 unspecified atom stereocenters. The Balaban J connectivity index is 2.34. The Morgan fingerprint density at radius 2 is 1.95 bits per heavy atom. The average Bonchev–Trinajstić information content (AvgIpc) is 2.69. The van der Waals surface area contributed by atoms with Gasteiger partial charge in [-0.3, -0.25) is 9.69 Å². The van der Waals surface area contributed by atoms with Crippen molar-refractivity contribution in [2.45, 2.75) is 18.9 Å². The number of benzene rings is 1. The Morgan fingerprint density at radius 3 is 2.50 bits per heavy atom. The second kappa shape index (κ2) is 5.58. The van der Waals surface area contributed by atoms with Crippen molar-refractivity contribution in [3.63, 3.8) is 0 Å². The predicted molar refractivity (Wildman–Crippen MR) is 70.5 cm³/mol. The van der Waals surface area contributed by atoms with Gasteiger partial charge in [0.05, 0.1) is 13.2 Å². The zero-order chi connectivity index (χ0) is 14.8. The first-order valence-corrected chi connectivity index (χ1v) is 6.44. The average molecular weight is 280 g/mol. The normalized spacial score (nSPS) is 22.2. The largest absolute Gasteiger partial charge is 0.383 e. The number of amides is 3. The molecule has 1 N–H and O–H groups in total. The van der Waals surface area contributed by atoms with Crippen LogP contribution >= 0.6 is 0 Å². The summed E-state index contributed by atoms with van der Waals surface area (Å²) < 4.78 is 17.9. The molecule has 0 bridgehead atoms. The van der Waals surface area contributed by atoms with Gasteiger partial charge in [-0.25, -0.2) is 9.18 Å². The quantitative estimate of drug-likeness (QED) is 0.834. The minimum atomic E-state index is -1.11. The van der Waals surface area contributed by atoms with Crippen molar-refractivity contribution in [3.05, 3.63) is 35.6 Å². The van der Waals surface area contributed by atoms with Gasteiger partial charge in [0, 0.05) is 7.11 Å². The molecule has 1 aromatic rings. The van der Waals surface area contributed by atoms with Crippen LogP contribution in [-0.4, -0.2) is 37.1 Å². The third kappa shape index (κ3) is 2.27. The summed E-state index contributed by atoms with van der Waals surface area (Å²) in [5, 5.41) is 2.72. The first-order chi connectivity index (χ1) is 9.55. The molecule has 1 aliphatic rings. The topological polar surface area (TPSA) is 58.6 Å². The lowest BCUT2D eigenvalue weighted by molar-refractivity contribution is -0.132. The molecule has 1 fully saturated rings. The number of hydrogen-bond donors (Lipinski definition) is 1. The number of urea groups is 1. The third-order valence-corrected chi connectivity index (χ3v) is 3.56. The second-order valence-electron chi connectivity index (χ2n) is 4.65. The van der Waals surface area contributed by atoms with Crippen LogP contribution in [0.2, 0.25) is 0 Å². The molecule has 108 valence electrons. The van der Waals surface area contributed by atoms with Gasteiger partial charge in [0.15, 0.2) is 0 Å². The van der Waals surface area contributed by atoms with Gasteiger partial charge in [0.2, 0.25) is 0 Å². The number of hydrogen-bond acceptors (Lipinski definition) is 3. The SMILES string of the molecule is CC[C@]1(c2ccc(F)cc2)NC(=O)N(CCOC)C1=O. The van der Waals surface area contributed by atoms with Crippen LogP contribution in [0.3, 0.4) is 0 Å². The summed E-state index contributed by atoms with van der Waals surface area (Å²) in [7, 11) is 1.51. The number of carbonyl (C=O) groups excluding carboxylic acids is 2. The van der Waals surface area contributed by atoms with Gasteiger partial charge in [-0.15, -0.1) is 0 Å². The van der Waals surface area contributed by atoms with E-state index in [1.807, 2.05) is 0 Å². The van der Waals surface area contributed by atoms with Crippen LogP contribution in [-0.2, 0) is 15.1 Å². The smallest absolute Gasteiger partial charge is 0.325 e. The molecule has 1 heterocycles. The maximum atomic E-state index is 13.0. The number of rotatable bonds is 5. The number of imide groups is 1. The van der Waals surface area contributed by atoms with Gasteiger partial charge in [0.25, 0.3) is 5.91 Å². The number of carbonyl (C=O) groups is 2. The van der Waals surface area contributed by atoms with E-state index in [9.17, 15) is 14.0 Å². The van der Waals surface area contributed by atoms with Crippen molar-refractivity contribution in [2.75, 3.05) is 20.3 Å². The lowest BCUT2D eigenvalue weighted by atomic mass is 9.87. The van der Waals surface area contributed by atoms with Crippen molar-refractivity contribution < 1.29 is 18.7 Å². The van der Waals surface area contributed by atoms with E-state index in [2.05, 4.69) is 5.32 Å². The summed E-state index contributed by atoms with van der Waals surface area (Å²) >= 11 is 0. The van der Waals surface area contributed by atoms with Crippen molar-refractivity contribution >= 4 is 11.9 Å². The number of nitrogens with one attached hydrogen (secondary N) is 1. The fourth-order valence-corrected chi connectivity index (χ4v) is 2.39. The summed E-state index contributed by atoms with van der Waals surface area (Å²) in [4.78, 5) is 25.7. The van der Waals surface area contributed by atoms with Crippen molar-refractivity contribution in [1.82, 2.24) is 10.2 Å². The lowest BCUT2D eigenvalue weighted by Gasteiger charge is -2.25. The summed E-state index contributed by atoms with van der Waals surface area (Å²) in [6.45, 7) is 2.29. The zero-order valence-corrected chi connectivity index (χ0v) is 11.5. The Bertz CT molecular complexity index is 518. The summed E-state index contributed by atoms with van der Waals surface area (Å²) in [5.41, 5.74) is -0.530. The van der Waals surface area contributed by atoms with E-state index < -0.39 is 11.6 Å². The van der Waals surface area contributed by atoms with Gasteiger partial charge in [-0.1, -0.05) is 19.1 Å². The molecule has 0 spiro atoms. The van der Waals surface area contributed by atoms with Gasteiger partial charge in [-0.2, -0.15) is 0 Å². The first-order valence-electron chi connectivity index (χ1n) is 6.44. The molecule has 1 atom stereocenters. The Kier molecular flexibility index (Phi) is 4.04. The van der Waals surface area contributed by atoms with E-state index in [4.69, 9.17) is 4.74 Å². The van der Waals surface area contributed by atoms with E-state index in [0.29, 0.717) is 12.0 Å². The molecule has 0 aliphatic carbocycles. The van der Waals surface area contributed by atoms with Gasteiger partial charge in [0.1, 0.15) is 11.4 Å². The molecule has 5 nitrogen and oxygen atoms in total. The molecule has 1 aromatic carbocycles. The van der Waals surface area contributed by atoms with Gasteiger partial charge >= 0.3 is 6.03 Å². The molecule has 2 rings (SSSR count). The van der Waals surface area contributed by atoms with Crippen LogP contribution in [0, 0.1) is 5.82 Å². The van der Waals surface area contributed by atoms with Crippen LogP contribution < -0.4 is 5.32 Å². The Hall–Kier alpha value is -1.95. The summed E-state index contributed by atoms with van der Waals surface area (Å²) in [6, 6.07) is 5.17. The zero-order valence-electron chi connectivity index (χ0n) is 11.5. The lowest BCUT2D eigenvalue weighted by Crippen LogP contribution is -2.43. The highest BCUT2D eigenvalue weighted by Crippen LogP contribution is 2.32. The molecule has 0 saturated carbocycles. The van der Waals surface area contributed by atoms with Crippen molar-refractivity contribution in [2.24, 2.45) is 0 Å². The highest BCUT2D eigenvalue weighted by atomic mass is 19.1.